The van der Waals surface area contributed by atoms with Gasteiger partial charge in [-0.15, -0.1) is 0 Å². The average molecular weight is 465 g/mol. The predicted molar refractivity (Wildman–Crippen MR) is 131 cm³/mol. The molecule has 0 radical (unpaired) electrons. The Balaban J connectivity index is 1.95. The average Bonchev–Trinajstić information content (AvgIpc) is 3.49. The molecule has 10 nitrogen and oxygen atoms in total. The van der Waals surface area contributed by atoms with Gasteiger partial charge in [-0.05, 0) is 38.3 Å². The predicted octanol–water partition coefficient (Wildman–Crippen LogP) is 2.82. The van der Waals surface area contributed by atoms with Gasteiger partial charge in [0.15, 0.2) is 5.82 Å². The van der Waals surface area contributed by atoms with Crippen LogP contribution >= 0.6 is 0 Å². The number of hydrogen-bond acceptors (Lipinski definition) is 9. The van der Waals surface area contributed by atoms with Gasteiger partial charge < -0.3 is 21.1 Å². The van der Waals surface area contributed by atoms with Gasteiger partial charge in [0.25, 0.3) is 5.89 Å². The fourth-order valence-electron chi connectivity index (χ4n) is 3.33. The van der Waals surface area contributed by atoms with E-state index in [4.69, 9.17) is 21.0 Å². The van der Waals surface area contributed by atoms with E-state index in [9.17, 15) is 5.11 Å². The Bertz CT molecular complexity index is 1200. The number of aromatic nitrogens is 5. The summed E-state index contributed by atoms with van der Waals surface area (Å²) in [5.74, 6) is 1.21. The second kappa shape index (κ2) is 9.60. The zero-order valence-corrected chi connectivity index (χ0v) is 20.2. The lowest BCUT2D eigenvalue weighted by atomic mass is 9.73. The summed E-state index contributed by atoms with van der Waals surface area (Å²) in [7, 11) is 0. The number of rotatable bonds is 9. The van der Waals surface area contributed by atoms with Gasteiger partial charge in [-0.3, -0.25) is 9.67 Å². The molecule has 3 aromatic heterocycles. The first-order valence-corrected chi connectivity index (χ1v) is 10.9. The van der Waals surface area contributed by atoms with E-state index in [1.165, 1.54) is 12.4 Å². The van der Waals surface area contributed by atoms with Gasteiger partial charge in [-0.1, -0.05) is 31.6 Å². The molecule has 3 heterocycles. The number of allylic oxidation sites excluding steroid dienone is 1. The van der Waals surface area contributed by atoms with Crippen LogP contribution in [0.15, 0.2) is 58.8 Å². The van der Waals surface area contributed by atoms with Crippen molar-refractivity contribution in [2.75, 3.05) is 6.61 Å². The summed E-state index contributed by atoms with van der Waals surface area (Å²) in [4.78, 5) is 13.3. The molecule has 0 aliphatic heterocycles. The van der Waals surface area contributed by atoms with Crippen LogP contribution in [0.25, 0.3) is 17.0 Å². The molecule has 0 spiro atoms. The lowest BCUT2D eigenvalue weighted by Gasteiger charge is -2.30. The zero-order valence-electron chi connectivity index (χ0n) is 20.2. The van der Waals surface area contributed by atoms with Crippen LogP contribution in [-0.4, -0.2) is 42.8 Å². The third-order valence-corrected chi connectivity index (χ3v) is 6.09. The Kier molecular flexibility index (Phi) is 7.01. The van der Waals surface area contributed by atoms with Crippen LogP contribution in [0, 0.1) is 5.92 Å². The zero-order chi connectivity index (χ0) is 25.1. The molecule has 0 unspecified atom stereocenters. The topological polar surface area (TPSA) is 154 Å². The maximum absolute atomic E-state index is 9.60. The van der Waals surface area contributed by atoms with Crippen LogP contribution in [0.5, 0.6) is 0 Å². The van der Waals surface area contributed by atoms with E-state index in [2.05, 4.69) is 47.6 Å². The molecular formula is C24H32N8O2. The minimum absolute atomic E-state index is 0.0501. The Morgan fingerprint density at radius 2 is 2.03 bits per heavy atom. The van der Waals surface area contributed by atoms with Crippen molar-refractivity contribution < 1.29 is 9.63 Å². The molecule has 0 bridgehead atoms. The number of pyridine rings is 1. The third-order valence-electron chi connectivity index (χ3n) is 6.09. The van der Waals surface area contributed by atoms with Gasteiger partial charge >= 0.3 is 0 Å². The Labute approximate surface area is 199 Å². The van der Waals surface area contributed by atoms with Crippen molar-refractivity contribution in [3.8, 4) is 11.5 Å². The molecule has 0 aromatic carbocycles. The quantitative estimate of drug-likeness (QED) is 0.408. The van der Waals surface area contributed by atoms with Gasteiger partial charge in [0.1, 0.15) is 5.82 Å². The maximum Gasteiger partial charge on any atom is 0.261 e. The monoisotopic (exact) mass is 464 g/mol. The van der Waals surface area contributed by atoms with Crippen LogP contribution in [0.4, 0.5) is 0 Å². The Morgan fingerprint density at radius 1 is 1.29 bits per heavy atom. The lowest BCUT2D eigenvalue weighted by Crippen LogP contribution is -2.31. The van der Waals surface area contributed by atoms with Crippen molar-refractivity contribution in [1.82, 2.24) is 24.9 Å². The van der Waals surface area contributed by atoms with Crippen LogP contribution < -0.4 is 11.5 Å². The molecule has 34 heavy (non-hydrogen) atoms. The highest BCUT2D eigenvalue weighted by Gasteiger charge is 2.38. The SMILES string of the molecule is C=C(N)/N=C\C(=C/N)c1ccc([C@](C)(c2noc(-c3cnn(C(C)(C)CO)c3)n2)C(C)C)cn1. The van der Waals surface area contributed by atoms with Gasteiger partial charge in [0, 0.05) is 30.4 Å². The summed E-state index contributed by atoms with van der Waals surface area (Å²) in [6.45, 7) is 13.5. The molecule has 3 rings (SSSR count). The molecule has 3 aromatic rings. The van der Waals surface area contributed by atoms with E-state index in [1.54, 1.807) is 23.3 Å². The van der Waals surface area contributed by atoms with E-state index in [0.29, 0.717) is 28.5 Å². The van der Waals surface area contributed by atoms with Crippen molar-refractivity contribution in [3.05, 3.63) is 66.4 Å². The summed E-state index contributed by atoms with van der Waals surface area (Å²) in [5.41, 5.74) is 13.0. The molecule has 0 fully saturated rings. The summed E-state index contributed by atoms with van der Waals surface area (Å²) in [6, 6.07) is 3.83. The molecule has 0 aliphatic rings. The highest BCUT2D eigenvalue weighted by Crippen LogP contribution is 2.38. The number of nitrogens with two attached hydrogens (primary N) is 2. The first-order valence-electron chi connectivity index (χ1n) is 10.9. The largest absolute Gasteiger partial charge is 0.404 e. The second-order valence-corrected chi connectivity index (χ2v) is 9.23. The highest BCUT2D eigenvalue weighted by atomic mass is 16.5. The van der Waals surface area contributed by atoms with Gasteiger partial charge in [-0.25, -0.2) is 4.99 Å². The summed E-state index contributed by atoms with van der Waals surface area (Å²) in [6.07, 6.45) is 8.15. The van der Waals surface area contributed by atoms with Crippen LogP contribution in [0.1, 0.15) is 51.7 Å². The summed E-state index contributed by atoms with van der Waals surface area (Å²) in [5, 5.41) is 18.2. The normalized spacial score (nSPS) is 14.6. The highest BCUT2D eigenvalue weighted by molar-refractivity contribution is 6.09. The fraction of sp³-hybridized carbons (Fsp3) is 0.375. The summed E-state index contributed by atoms with van der Waals surface area (Å²) < 4.78 is 7.28. The van der Waals surface area contributed by atoms with Crippen LogP contribution in [-0.2, 0) is 11.0 Å². The summed E-state index contributed by atoms with van der Waals surface area (Å²) >= 11 is 0. The number of aliphatic hydroxyl groups excluding tert-OH is 1. The molecular weight excluding hydrogens is 432 g/mol. The molecule has 0 saturated carbocycles. The van der Waals surface area contributed by atoms with E-state index in [0.717, 1.165) is 5.56 Å². The van der Waals surface area contributed by atoms with Crippen molar-refractivity contribution in [2.45, 2.75) is 45.6 Å². The number of hydrogen-bond donors (Lipinski definition) is 3. The minimum Gasteiger partial charge on any atom is -0.404 e. The van der Waals surface area contributed by atoms with E-state index < -0.39 is 11.0 Å². The van der Waals surface area contributed by atoms with E-state index in [-0.39, 0.29) is 18.3 Å². The number of aliphatic hydroxyl groups is 1. The van der Waals surface area contributed by atoms with Crippen molar-refractivity contribution >= 4 is 11.8 Å². The molecule has 5 N–H and O–H groups in total. The molecule has 0 saturated heterocycles. The van der Waals surface area contributed by atoms with E-state index in [1.807, 2.05) is 26.0 Å². The van der Waals surface area contributed by atoms with Crippen LogP contribution in [0.2, 0.25) is 0 Å². The first-order chi connectivity index (χ1) is 16.0. The number of aliphatic imine (C=N–C) groups is 1. The molecule has 180 valence electrons. The third kappa shape index (κ3) is 4.76. The Morgan fingerprint density at radius 3 is 2.59 bits per heavy atom. The molecule has 1 atom stereocenters. The smallest absolute Gasteiger partial charge is 0.261 e. The maximum atomic E-state index is 9.60. The van der Waals surface area contributed by atoms with Crippen molar-refractivity contribution in [2.24, 2.45) is 22.4 Å². The van der Waals surface area contributed by atoms with Crippen molar-refractivity contribution in [3.63, 3.8) is 0 Å². The standard InChI is InChI=1S/C24H32N8O2/c1-15(2)24(6,19-7-8-20(28-12-19)17(9-25)10-27-16(3)26)22-30-21(34-31-22)18-11-29-32(13-18)23(4,5)14-33/h7-13,15,33H,3,14,25-26H2,1-2,4-6H3/b17-9+,27-10-/t24-/m1/s1. The lowest BCUT2D eigenvalue weighted by molar-refractivity contribution is 0.152. The van der Waals surface area contributed by atoms with Gasteiger partial charge in [-0.2, -0.15) is 10.1 Å². The Hall–Kier alpha value is -3.79. The first kappa shape index (κ1) is 24.8. The molecule has 0 aliphatic carbocycles. The van der Waals surface area contributed by atoms with Gasteiger partial charge in [0.05, 0.1) is 35.0 Å². The molecule has 0 amide bonds. The second-order valence-electron chi connectivity index (χ2n) is 9.23. The van der Waals surface area contributed by atoms with Crippen LogP contribution in [0.3, 0.4) is 0 Å². The van der Waals surface area contributed by atoms with Crippen molar-refractivity contribution in [1.29, 1.82) is 0 Å². The molecule has 10 heteroatoms. The fourth-order valence-corrected chi connectivity index (χ4v) is 3.33. The number of nitrogens with zero attached hydrogens (tertiary/aromatic N) is 6. The minimum atomic E-state index is -0.570. The van der Waals surface area contributed by atoms with Gasteiger partial charge in [0.2, 0.25) is 0 Å². The van der Waals surface area contributed by atoms with E-state index >= 15 is 0 Å².